The quantitative estimate of drug-likeness (QED) is 0.434. The Kier molecular flexibility index (Phi) is 5.34. The maximum Gasteiger partial charge on any atom is 0.235 e. The number of hydrogen-bond acceptors (Lipinski definition) is 5. The van der Waals surface area contributed by atoms with Gasteiger partial charge in [-0.1, -0.05) is 29.0 Å². The molecule has 0 unspecified atom stereocenters. The van der Waals surface area contributed by atoms with E-state index in [9.17, 15) is 9.18 Å². The van der Waals surface area contributed by atoms with Crippen LogP contribution in [-0.2, 0) is 4.79 Å². The molecular weight excluding hydrogens is 419 g/mol. The summed E-state index contributed by atoms with van der Waals surface area (Å²) in [7, 11) is 0. The minimum atomic E-state index is -0.302. The van der Waals surface area contributed by atoms with Gasteiger partial charge in [-0.2, -0.15) is 9.78 Å². The molecule has 5 nitrogen and oxygen atoms in total. The number of aromatic nitrogens is 3. The van der Waals surface area contributed by atoms with E-state index in [2.05, 4.69) is 15.4 Å². The van der Waals surface area contributed by atoms with Gasteiger partial charge in [-0.25, -0.2) is 9.37 Å². The normalized spacial score (nSPS) is 11.1. The molecule has 0 aliphatic heterocycles. The topological polar surface area (TPSA) is 59.8 Å². The SMILES string of the molecule is Cc1cc(NC(=O)CSc2ccc(F)cc2)n(-c2nc3c(Cl)cccc3s2)n1. The maximum atomic E-state index is 13.0. The lowest BCUT2D eigenvalue weighted by atomic mass is 10.3. The molecule has 142 valence electrons. The summed E-state index contributed by atoms with van der Waals surface area (Å²) in [5.74, 6) is 0.248. The minimum absolute atomic E-state index is 0.186. The number of carbonyl (C=O) groups excluding carboxylic acids is 1. The van der Waals surface area contributed by atoms with Crippen LogP contribution in [0.4, 0.5) is 10.2 Å². The van der Waals surface area contributed by atoms with Gasteiger partial charge in [0.1, 0.15) is 17.2 Å². The number of amides is 1. The molecule has 0 radical (unpaired) electrons. The Morgan fingerprint density at radius 3 is 2.82 bits per heavy atom. The molecule has 2 aromatic heterocycles. The first-order valence-corrected chi connectivity index (χ1v) is 10.5. The highest BCUT2D eigenvalue weighted by Gasteiger charge is 2.15. The van der Waals surface area contributed by atoms with E-state index in [0.29, 0.717) is 21.5 Å². The summed E-state index contributed by atoms with van der Waals surface area (Å²) < 4.78 is 15.5. The van der Waals surface area contributed by atoms with E-state index in [1.807, 2.05) is 19.1 Å². The van der Waals surface area contributed by atoms with E-state index in [4.69, 9.17) is 11.6 Å². The van der Waals surface area contributed by atoms with Crippen molar-refractivity contribution in [1.82, 2.24) is 14.8 Å². The van der Waals surface area contributed by atoms with Crippen LogP contribution in [-0.4, -0.2) is 26.4 Å². The first-order valence-electron chi connectivity index (χ1n) is 8.30. The number of nitrogens with one attached hydrogen (secondary N) is 1. The summed E-state index contributed by atoms with van der Waals surface area (Å²) in [6, 6.07) is 13.4. The third kappa shape index (κ3) is 4.04. The van der Waals surface area contributed by atoms with Crippen LogP contribution in [0.2, 0.25) is 5.02 Å². The molecule has 4 rings (SSSR count). The molecule has 0 aliphatic rings. The first kappa shape index (κ1) is 18.9. The molecule has 1 N–H and O–H groups in total. The van der Waals surface area contributed by atoms with Crippen LogP contribution in [0.3, 0.4) is 0 Å². The van der Waals surface area contributed by atoms with Gasteiger partial charge in [0, 0.05) is 11.0 Å². The smallest absolute Gasteiger partial charge is 0.235 e. The molecule has 0 bridgehead atoms. The van der Waals surface area contributed by atoms with E-state index in [0.717, 1.165) is 15.3 Å². The number of aryl methyl sites for hydroxylation is 1. The zero-order valence-corrected chi connectivity index (χ0v) is 17.0. The monoisotopic (exact) mass is 432 g/mol. The summed E-state index contributed by atoms with van der Waals surface area (Å²) in [5, 5.41) is 8.51. The number of benzene rings is 2. The van der Waals surface area contributed by atoms with Gasteiger partial charge in [0.2, 0.25) is 11.0 Å². The van der Waals surface area contributed by atoms with Crippen LogP contribution in [0.1, 0.15) is 5.69 Å². The fourth-order valence-corrected chi connectivity index (χ4v) is 4.52. The van der Waals surface area contributed by atoms with Crippen LogP contribution >= 0.6 is 34.7 Å². The van der Waals surface area contributed by atoms with Gasteiger partial charge < -0.3 is 5.32 Å². The number of halogens is 2. The zero-order valence-electron chi connectivity index (χ0n) is 14.6. The third-order valence-corrected chi connectivity index (χ3v) is 6.14. The second kappa shape index (κ2) is 7.90. The number of fused-ring (bicyclic) bond motifs is 1. The maximum absolute atomic E-state index is 13.0. The Balaban J connectivity index is 1.53. The van der Waals surface area contributed by atoms with E-state index < -0.39 is 0 Å². The van der Waals surface area contributed by atoms with Gasteiger partial charge in [-0.3, -0.25) is 4.79 Å². The lowest BCUT2D eigenvalue weighted by Gasteiger charge is -2.06. The number of hydrogen-bond donors (Lipinski definition) is 1. The van der Waals surface area contributed by atoms with Crippen LogP contribution in [0.15, 0.2) is 53.4 Å². The zero-order chi connectivity index (χ0) is 19.7. The summed E-state index contributed by atoms with van der Waals surface area (Å²) >= 11 is 8.99. The molecule has 0 saturated carbocycles. The van der Waals surface area contributed by atoms with Gasteiger partial charge in [0.15, 0.2) is 0 Å². The average molecular weight is 433 g/mol. The molecule has 0 spiro atoms. The van der Waals surface area contributed by atoms with Crippen molar-refractivity contribution in [2.24, 2.45) is 0 Å². The van der Waals surface area contributed by atoms with Gasteiger partial charge in [-0.15, -0.1) is 11.8 Å². The number of thioether (sulfide) groups is 1. The van der Waals surface area contributed by atoms with Crippen molar-refractivity contribution in [3.63, 3.8) is 0 Å². The van der Waals surface area contributed by atoms with Crippen molar-refractivity contribution in [3.8, 4) is 5.13 Å². The Labute approximate surface area is 173 Å². The lowest BCUT2D eigenvalue weighted by molar-refractivity contribution is -0.113. The van der Waals surface area contributed by atoms with Gasteiger partial charge in [-0.05, 0) is 43.3 Å². The first-order chi connectivity index (χ1) is 13.5. The highest BCUT2D eigenvalue weighted by Crippen LogP contribution is 2.31. The molecule has 0 saturated heterocycles. The van der Waals surface area contributed by atoms with Crippen molar-refractivity contribution in [2.45, 2.75) is 11.8 Å². The Hall–Kier alpha value is -2.42. The molecule has 0 atom stereocenters. The molecular formula is C19H14ClFN4OS2. The van der Waals surface area contributed by atoms with E-state index in [1.165, 1.54) is 35.2 Å². The predicted octanol–water partition coefficient (Wildman–Crippen LogP) is 5.31. The Morgan fingerprint density at radius 2 is 2.07 bits per heavy atom. The third-order valence-electron chi connectivity index (χ3n) is 3.82. The van der Waals surface area contributed by atoms with Crippen LogP contribution in [0, 0.1) is 12.7 Å². The fraction of sp³-hybridized carbons (Fsp3) is 0.105. The molecule has 4 aromatic rings. The summed E-state index contributed by atoms with van der Waals surface area (Å²) in [6.45, 7) is 1.85. The number of thiazole rings is 1. The summed E-state index contributed by atoms with van der Waals surface area (Å²) in [6.07, 6.45) is 0. The van der Waals surface area contributed by atoms with Crippen LogP contribution in [0.5, 0.6) is 0 Å². The highest BCUT2D eigenvalue weighted by atomic mass is 35.5. The molecule has 0 fully saturated rings. The van der Waals surface area contributed by atoms with Crippen molar-refractivity contribution < 1.29 is 9.18 Å². The molecule has 2 heterocycles. The summed E-state index contributed by atoms with van der Waals surface area (Å²) in [5.41, 5.74) is 1.47. The molecule has 9 heteroatoms. The van der Waals surface area contributed by atoms with Crippen molar-refractivity contribution >= 4 is 56.6 Å². The Morgan fingerprint density at radius 1 is 1.29 bits per heavy atom. The van der Waals surface area contributed by atoms with Crippen LogP contribution < -0.4 is 5.32 Å². The second-order valence-corrected chi connectivity index (χ2v) is 8.42. The minimum Gasteiger partial charge on any atom is -0.310 e. The van der Waals surface area contributed by atoms with Gasteiger partial charge in [0.05, 0.1) is 21.2 Å². The molecule has 0 aliphatic carbocycles. The predicted molar refractivity (Wildman–Crippen MR) is 112 cm³/mol. The largest absolute Gasteiger partial charge is 0.310 e. The standard InChI is InChI=1S/C19H14ClFN4OS2/c1-11-9-16(22-17(26)10-27-13-7-5-12(21)6-8-13)25(24-11)19-23-18-14(20)3-2-4-15(18)28-19/h2-9H,10H2,1H3,(H,22,26). The lowest BCUT2D eigenvalue weighted by Crippen LogP contribution is -2.16. The van der Waals surface area contributed by atoms with E-state index >= 15 is 0 Å². The number of nitrogens with zero attached hydrogens (tertiary/aromatic N) is 3. The van der Waals surface area contributed by atoms with E-state index in [1.54, 1.807) is 28.9 Å². The van der Waals surface area contributed by atoms with Crippen LogP contribution in [0.25, 0.3) is 15.3 Å². The highest BCUT2D eigenvalue weighted by molar-refractivity contribution is 8.00. The van der Waals surface area contributed by atoms with Gasteiger partial charge in [0.25, 0.3) is 0 Å². The number of rotatable bonds is 5. The van der Waals surface area contributed by atoms with E-state index in [-0.39, 0.29) is 17.5 Å². The number of anilines is 1. The Bertz CT molecular complexity index is 1160. The number of carbonyl (C=O) groups is 1. The van der Waals surface area contributed by atoms with Crippen molar-refractivity contribution in [1.29, 1.82) is 0 Å². The van der Waals surface area contributed by atoms with Crippen molar-refractivity contribution in [3.05, 3.63) is 65.1 Å². The second-order valence-electron chi connectivity index (χ2n) is 5.96. The molecule has 2 aromatic carbocycles. The average Bonchev–Trinajstić information content (AvgIpc) is 3.25. The fourth-order valence-electron chi connectivity index (χ4n) is 2.59. The molecule has 28 heavy (non-hydrogen) atoms. The number of para-hydroxylation sites is 1. The van der Waals surface area contributed by atoms with Gasteiger partial charge >= 0.3 is 0 Å². The van der Waals surface area contributed by atoms with Crippen molar-refractivity contribution in [2.75, 3.05) is 11.1 Å². The molecule has 1 amide bonds. The summed E-state index contributed by atoms with van der Waals surface area (Å²) in [4.78, 5) is 17.8.